The molecule has 0 saturated carbocycles. The van der Waals surface area contributed by atoms with Crippen molar-refractivity contribution in [3.63, 3.8) is 0 Å². The molecular formula is C24H16ClF6N5O. The summed E-state index contributed by atoms with van der Waals surface area (Å²) >= 11 is 5.81. The van der Waals surface area contributed by atoms with Gasteiger partial charge in [-0.2, -0.15) is 18.2 Å². The van der Waals surface area contributed by atoms with E-state index in [1.54, 1.807) is 0 Å². The smallest absolute Gasteiger partial charge is 0.387 e. The number of nitrogens with zero attached hydrogens (tertiary/aromatic N) is 2. The standard InChI is InChI=1S/C24H16ClF6N5O/c25-15-8-16(26)10-17(9-15)34-23(36-22(37)13-4-5-18(27)19(28)7-13)35-21(33)11-20(32)12-2-1-3-14(6-12)24(29,30)31/h1-10,32H,11H2,(H3,33,34,35,36,37). The minimum Gasteiger partial charge on any atom is -0.387 e. The van der Waals surface area contributed by atoms with Crippen LogP contribution in [0, 0.1) is 22.9 Å². The Kier molecular flexibility index (Phi) is 8.33. The van der Waals surface area contributed by atoms with E-state index in [9.17, 15) is 31.1 Å². The number of guanidine groups is 1. The second-order valence-corrected chi connectivity index (χ2v) is 7.92. The molecule has 0 spiro atoms. The largest absolute Gasteiger partial charge is 0.416 e. The van der Waals surface area contributed by atoms with Crippen molar-refractivity contribution >= 4 is 40.7 Å². The van der Waals surface area contributed by atoms with E-state index in [0.29, 0.717) is 6.07 Å². The number of hydrogen-bond donors (Lipinski definition) is 3. The van der Waals surface area contributed by atoms with Crippen molar-refractivity contribution in [2.75, 3.05) is 0 Å². The second-order valence-electron chi connectivity index (χ2n) is 7.48. The molecule has 3 aromatic carbocycles. The Morgan fingerprint density at radius 1 is 0.973 bits per heavy atom. The molecule has 3 rings (SSSR count). The molecule has 0 radical (unpaired) electrons. The highest BCUT2D eigenvalue weighted by atomic mass is 35.5. The summed E-state index contributed by atoms with van der Waals surface area (Å²) in [5, 5.41) is 10.3. The number of amides is 1. The molecule has 0 atom stereocenters. The van der Waals surface area contributed by atoms with Gasteiger partial charge in [0.25, 0.3) is 5.91 Å². The first-order valence-electron chi connectivity index (χ1n) is 10.2. The zero-order valence-corrected chi connectivity index (χ0v) is 19.3. The normalized spacial score (nSPS) is 12.4. The van der Waals surface area contributed by atoms with E-state index >= 15 is 0 Å². The third-order valence-electron chi connectivity index (χ3n) is 4.64. The molecule has 37 heavy (non-hydrogen) atoms. The molecule has 0 fully saturated rings. The first-order chi connectivity index (χ1) is 17.3. The van der Waals surface area contributed by atoms with Crippen LogP contribution in [-0.4, -0.2) is 23.4 Å². The van der Waals surface area contributed by atoms with Gasteiger partial charge in [-0.3, -0.25) is 10.1 Å². The van der Waals surface area contributed by atoms with E-state index < -0.39 is 47.5 Å². The van der Waals surface area contributed by atoms with Gasteiger partial charge in [0.05, 0.1) is 11.3 Å². The Labute approximate surface area is 211 Å². The van der Waals surface area contributed by atoms with Crippen LogP contribution in [0.15, 0.2) is 70.6 Å². The van der Waals surface area contributed by atoms with Gasteiger partial charge >= 0.3 is 6.18 Å². The maximum atomic E-state index is 13.7. The number of halogens is 7. The number of aliphatic imine (C=N–C) groups is 2. The van der Waals surface area contributed by atoms with Crippen LogP contribution < -0.4 is 11.1 Å². The molecule has 0 saturated heterocycles. The van der Waals surface area contributed by atoms with Gasteiger partial charge in [-0.1, -0.05) is 23.7 Å². The highest BCUT2D eigenvalue weighted by Gasteiger charge is 2.30. The molecule has 192 valence electrons. The van der Waals surface area contributed by atoms with E-state index in [2.05, 4.69) is 15.3 Å². The topological polar surface area (TPSA) is 104 Å². The minimum absolute atomic E-state index is 0.0340. The van der Waals surface area contributed by atoms with Crippen LogP contribution in [0.25, 0.3) is 0 Å². The van der Waals surface area contributed by atoms with Crippen LogP contribution in [0.2, 0.25) is 5.02 Å². The highest BCUT2D eigenvalue weighted by Crippen LogP contribution is 2.29. The molecule has 0 bridgehead atoms. The molecule has 0 unspecified atom stereocenters. The molecule has 1 amide bonds. The van der Waals surface area contributed by atoms with Crippen LogP contribution in [-0.2, 0) is 6.18 Å². The average Bonchev–Trinajstić information content (AvgIpc) is 2.79. The maximum Gasteiger partial charge on any atom is 0.416 e. The van der Waals surface area contributed by atoms with Gasteiger partial charge in [-0.25, -0.2) is 18.2 Å². The van der Waals surface area contributed by atoms with Gasteiger partial charge in [0.15, 0.2) is 11.6 Å². The van der Waals surface area contributed by atoms with Gasteiger partial charge in [0.2, 0.25) is 5.96 Å². The average molecular weight is 540 g/mol. The fourth-order valence-electron chi connectivity index (χ4n) is 2.96. The number of alkyl halides is 3. The lowest BCUT2D eigenvalue weighted by Crippen LogP contribution is -2.31. The molecule has 0 aliphatic heterocycles. The predicted octanol–water partition coefficient (Wildman–Crippen LogP) is 6.01. The van der Waals surface area contributed by atoms with Crippen molar-refractivity contribution in [2.45, 2.75) is 12.6 Å². The molecule has 0 heterocycles. The number of amidine groups is 1. The lowest BCUT2D eigenvalue weighted by Gasteiger charge is -2.10. The van der Waals surface area contributed by atoms with Crippen LogP contribution in [0.1, 0.15) is 27.9 Å². The first-order valence-corrected chi connectivity index (χ1v) is 10.6. The third kappa shape index (κ3) is 7.64. The second kappa shape index (κ2) is 11.2. The summed E-state index contributed by atoms with van der Waals surface area (Å²) in [7, 11) is 0. The summed E-state index contributed by atoms with van der Waals surface area (Å²) in [6, 6.07) is 9.52. The van der Waals surface area contributed by atoms with Crippen LogP contribution in [0.5, 0.6) is 0 Å². The number of carbonyl (C=O) groups is 1. The molecule has 3 aromatic rings. The zero-order valence-electron chi connectivity index (χ0n) is 18.5. The Hall–Kier alpha value is -4.19. The fourth-order valence-corrected chi connectivity index (χ4v) is 3.18. The van der Waals surface area contributed by atoms with E-state index in [4.69, 9.17) is 22.7 Å². The Bertz CT molecular complexity index is 1400. The SMILES string of the molecule is N=C(CC(N)=NC(=Nc1cc(F)cc(Cl)c1)NC(=O)c1ccc(F)c(F)c1)c1cccc(C(F)(F)F)c1. The predicted molar refractivity (Wildman–Crippen MR) is 127 cm³/mol. The Morgan fingerprint density at radius 2 is 1.70 bits per heavy atom. The fraction of sp³-hybridized carbons (Fsp3) is 0.0833. The summed E-state index contributed by atoms with van der Waals surface area (Å²) < 4.78 is 79.4. The molecule has 0 aliphatic carbocycles. The summed E-state index contributed by atoms with van der Waals surface area (Å²) in [5.74, 6) is -5.11. The molecule has 0 aliphatic rings. The monoisotopic (exact) mass is 539 g/mol. The van der Waals surface area contributed by atoms with Crippen molar-refractivity contribution in [1.82, 2.24) is 5.32 Å². The van der Waals surface area contributed by atoms with Gasteiger partial charge in [0, 0.05) is 22.7 Å². The number of carbonyl (C=O) groups excluding carboxylic acids is 1. The van der Waals surface area contributed by atoms with Crippen molar-refractivity contribution in [3.05, 3.63) is 99.8 Å². The van der Waals surface area contributed by atoms with Crippen molar-refractivity contribution < 1.29 is 31.1 Å². The van der Waals surface area contributed by atoms with Crippen molar-refractivity contribution in [1.29, 1.82) is 5.41 Å². The zero-order chi connectivity index (χ0) is 27.3. The minimum atomic E-state index is -4.62. The molecule has 6 nitrogen and oxygen atoms in total. The lowest BCUT2D eigenvalue weighted by molar-refractivity contribution is -0.137. The summed E-state index contributed by atoms with van der Waals surface area (Å²) in [6.07, 6.45) is -5.07. The molecule has 0 aromatic heterocycles. The van der Waals surface area contributed by atoms with E-state index in [-0.39, 0.29) is 33.4 Å². The Balaban J connectivity index is 1.91. The maximum absolute atomic E-state index is 13.7. The van der Waals surface area contributed by atoms with Crippen LogP contribution in [0.4, 0.5) is 32.0 Å². The van der Waals surface area contributed by atoms with E-state index in [0.717, 1.165) is 42.5 Å². The van der Waals surface area contributed by atoms with E-state index in [1.165, 1.54) is 12.1 Å². The van der Waals surface area contributed by atoms with Crippen molar-refractivity contribution in [3.8, 4) is 0 Å². The van der Waals surface area contributed by atoms with Gasteiger partial charge < -0.3 is 11.1 Å². The number of hydrogen-bond acceptors (Lipinski definition) is 3. The highest BCUT2D eigenvalue weighted by molar-refractivity contribution is 6.30. The Morgan fingerprint density at radius 3 is 2.35 bits per heavy atom. The third-order valence-corrected chi connectivity index (χ3v) is 4.85. The lowest BCUT2D eigenvalue weighted by atomic mass is 10.0. The number of benzene rings is 3. The number of nitrogens with one attached hydrogen (secondary N) is 2. The molecule has 13 heteroatoms. The number of rotatable bonds is 5. The summed E-state index contributed by atoms with van der Waals surface area (Å²) in [4.78, 5) is 20.4. The van der Waals surface area contributed by atoms with Gasteiger partial charge in [-0.05, 0) is 54.1 Å². The van der Waals surface area contributed by atoms with Crippen molar-refractivity contribution in [2.24, 2.45) is 15.7 Å². The molecular weight excluding hydrogens is 524 g/mol. The summed E-state index contributed by atoms with van der Waals surface area (Å²) in [6.45, 7) is 0. The van der Waals surface area contributed by atoms with Gasteiger partial charge in [0.1, 0.15) is 11.7 Å². The summed E-state index contributed by atoms with van der Waals surface area (Å²) in [5.41, 5.74) is 4.08. The quantitative estimate of drug-likeness (QED) is 0.210. The van der Waals surface area contributed by atoms with E-state index in [1.807, 2.05) is 0 Å². The molecule has 4 N–H and O–H groups in total. The van der Waals surface area contributed by atoms with Crippen LogP contribution >= 0.6 is 11.6 Å². The first kappa shape index (κ1) is 27.4. The number of nitrogens with two attached hydrogens (primary N) is 1. The van der Waals surface area contributed by atoms with Crippen LogP contribution in [0.3, 0.4) is 0 Å². The van der Waals surface area contributed by atoms with Gasteiger partial charge in [-0.15, -0.1) is 0 Å².